The second-order valence-electron chi connectivity index (χ2n) is 6.19. The van der Waals surface area contributed by atoms with E-state index in [-0.39, 0.29) is 18.4 Å². The minimum Gasteiger partial charge on any atom is -0.336 e. The van der Waals surface area contributed by atoms with Crippen molar-refractivity contribution in [1.82, 2.24) is 10.2 Å². The largest absolute Gasteiger partial charge is 0.336 e. The Bertz CT molecular complexity index is 488. The highest BCUT2D eigenvalue weighted by Crippen LogP contribution is 2.33. The van der Waals surface area contributed by atoms with Crippen molar-refractivity contribution in [2.24, 2.45) is 5.92 Å². The molecule has 1 amide bonds. The Morgan fingerprint density at radius 3 is 2.73 bits per heavy atom. The number of nitrogens with zero attached hydrogens (tertiary/aromatic N) is 1. The first-order valence-corrected chi connectivity index (χ1v) is 8.79. The van der Waals surface area contributed by atoms with Crippen molar-refractivity contribution in [3.63, 3.8) is 0 Å². The van der Waals surface area contributed by atoms with Crippen LogP contribution in [0.1, 0.15) is 43.7 Å². The highest BCUT2D eigenvalue weighted by molar-refractivity contribution is 9.10. The summed E-state index contributed by atoms with van der Waals surface area (Å²) in [7, 11) is 0. The van der Waals surface area contributed by atoms with Crippen molar-refractivity contribution in [3.05, 3.63) is 34.3 Å². The number of amides is 1. The first kappa shape index (κ1) is 17.8. The van der Waals surface area contributed by atoms with Gasteiger partial charge < -0.3 is 10.2 Å². The molecule has 2 heterocycles. The molecule has 2 aliphatic rings. The SMILES string of the molecule is Cl.O=C(CCC1CCNC1)N1CCCC1c1ccc(Br)cc1. The van der Waals surface area contributed by atoms with Crippen LogP contribution in [0.15, 0.2) is 28.7 Å². The van der Waals surface area contributed by atoms with Gasteiger partial charge in [-0.05, 0) is 62.4 Å². The van der Waals surface area contributed by atoms with Gasteiger partial charge in [0.05, 0.1) is 6.04 Å². The smallest absolute Gasteiger partial charge is 0.223 e. The highest BCUT2D eigenvalue weighted by atomic mass is 79.9. The Morgan fingerprint density at radius 2 is 2.05 bits per heavy atom. The van der Waals surface area contributed by atoms with Gasteiger partial charge in [0.25, 0.3) is 0 Å². The van der Waals surface area contributed by atoms with Crippen LogP contribution in [0.5, 0.6) is 0 Å². The number of likely N-dealkylation sites (tertiary alicyclic amines) is 1. The average molecular weight is 388 g/mol. The third-order valence-corrected chi connectivity index (χ3v) is 5.29. The number of hydrogen-bond donors (Lipinski definition) is 1. The fraction of sp³-hybridized carbons (Fsp3) is 0.588. The predicted octanol–water partition coefficient (Wildman–Crippen LogP) is 3.92. The summed E-state index contributed by atoms with van der Waals surface area (Å²) in [5.41, 5.74) is 1.27. The topological polar surface area (TPSA) is 32.3 Å². The number of carbonyl (C=O) groups excluding carboxylic acids is 1. The number of halogens is 2. The maximum Gasteiger partial charge on any atom is 0.223 e. The molecule has 2 fully saturated rings. The summed E-state index contributed by atoms with van der Waals surface area (Å²) in [6.45, 7) is 3.12. The molecule has 3 nitrogen and oxygen atoms in total. The molecule has 5 heteroatoms. The third kappa shape index (κ3) is 4.24. The first-order chi connectivity index (χ1) is 10.2. The zero-order valence-corrected chi connectivity index (χ0v) is 15.2. The van der Waals surface area contributed by atoms with Gasteiger partial charge in [-0.2, -0.15) is 0 Å². The second-order valence-corrected chi connectivity index (χ2v) is 7.11. The summed E-state index contributed by atoms with van der Waals surface area (Å²) < 4.78 is 1.09. The standard InChI is InChI=1S/C17H23BrN2O.ClH/c18-15-6-4-14(5-7-15)16-2-1-11-20(16)17(21)8-3-13-9-10-19-12-13;/h4-7,13,16,19H,1-3,8-12H2;1H. The van der Waals surface area contributed by atoms with Gasteiger partial charge in [-0.25, -0.2) is 0 Å². The molecule has 0 aliphatic carbocycles. The molecule has 0 radical (unpaired) electrons. The molecule has 0 saturated carbocycles. The van der Waals surface area contributed by atoms with Crippen LogP contribution in [0, 0.1) is 5.92 Å². The van der Waals surface area contributed by atoms with E-state index in [0.717, 1.165) is 43.4 Å². The van der Waals surface area contributed by atoms with Gasteiger partial charge in [0, 0.05) is 17.4 Å². The van der Waals surface area contributed by atoms with E-state index in [2.05, 4.69) is 50.4 Å². The van der Waals surface area contributed by atoms with E-state index in [0.29, 0.717) is 18.2 Å². The van der Waals surface area contributed by atoms with Crippen LogP contribution in [-0.4, -0.2) is 30.4 Å². The van der Waals surface area contributed by atoms with Gasteiger partial charge in [0.2, 0.25) is 5.91 Å². The molecular weight excluding hydrogens is 364 g/mol. The lowest BCUT2D eigenvalue weighted by molar-refractivity contribution is -0.132. The first-order valence-electron chi connectivity index (χ1n) is 7.99. The van der Waals surface area contributed by atoms with E-state index in [1.54, 1.807) is 0 Å². The third-order valence-electron chi connectivity index (χ3n) is 4.76. The van der Waals surface area contributed by atoms with Crippen molar-refractivity contribution in [2.75, 3.05) is 19.6 Å². The van der Waals surface area contributed by atoms with Gasteiger partial charge in [-0.3, -0.25) is 4.79 Å². The predicted molar refractivity (Wildman–Crippen MR) is 95.3 cm³/mol. The van der Waals surface area contributed by atoms with Crippen molar-refractivity contribution >= 4 is 34.2 Å². The summed E-state index contributed by atoms with van der Waals surface area (Å²) in [5.74, 6) is 1.04. The van der Waals surface area contributed by atoms with E-state index in [1.165, 1.54) is 12.0 Å². The molecule has 122 valence electrons. The second kappa shape index (κ2) is 8.32. The van der Waals surface area contributed by atoms with E-state index in [1.807, 2.05) is 0 Å². The van der Waals surface area contributed by atoms with Crippen LogP contribution in [-0.2, 0) is 4.79 Å². The molecule has 0 spiro atoms. The molecule has 22 heavy (non-hydrogen) atoms. The van der Waals surface area contributed by atoms with Crippen LogP contribution in [0.3, 0.4) is 0 Å². The van der Waals surface area contributed by atoms with Crippen LogP contribution in [0.25, 0.3) is 0 Å². The molecule has 2 unspecified atom stereocenters. The van der Waals surface area contributed by atoms with Gasteiger partial charge in [0.1, 0.15) is 0 Å². The Morgan fingerprint density at radius 1 is 1.27 bits per heavy atom. The Labute approximate surface area is 147 Å². The quantitative estimate of drug-likeness (QED) is 0.849. The molecule has 0 aromatic heterocycles. The normalized spacial score (nSPS) is 24.3. The number of benzene rings is 1. The molecule has 2 atom stereocenters. The summed E-state index contributed by atoms with van der Waals surface area (Å²) in [5, 5.41) is 3.38. The van der Waals surface area contributed by atoms with Crippen molar-refractivity contribution in [1.29, 1.82) is 0 Å². The van der Waals surface area contributed by atoms with Crippen LogP contribution in [0.2, 0.25) is 0 Å². The van der Waals surface area contributed by atoms with E-state index in [9.17, 15) is 4.79 Å². The summed E-state index contributed by atoms with van der Waals surface area (Å²) >= 11 is 3.47. The monoisotopic (exact) mass is 386 g/mol. The lowest BCUT2D eigenvalue weighted by Gasteiger charge is -2.25. The fourth-order valence-electron chi connectivity index (χ4n) is 3.53. The molecule has 0 bridgehead atoms. The Kier molecular flexibility index (Phi) is 6.72. The van der Waals surface area contributed by atoms with Gasteiger partial charge in [0.15, 0.2) is 0 Å². The highest BCUT2D eigenvalue weighted by Gasteiger charge is 2.30. The van der Waals surface area contributed by atoms with Crippen molar-refractivity contribution < 1.29 is 4.79 Å². The zero-order chi connectivity index (χ0) is 14.7. The molecular formula is C17H24BrClN2O. The molecule has 1 aromatic carbocycles. The Balaban J connectivity index is 0.00000176. The number of hydrogen-bond acceptors (Lipinski definition) is 2. The summed E-state index contributed by atoms with van der Waals surface area (Å²) in [4.78, 5) is 14.7. The summed E-state index contributed by atoms with van der Waals surface area (Å²) in [6, 6.07) is 8.70. The maximum absolute atomic E-state index is 12.5. The molecule has 1 N–H and O–H groups in total. The minimum atomic E-state index is 0. The molecule has 2 saturated heterocycles. The van der Waals surface area contributed by atoms with Gasteiger partial charge in [-0.1, -0.05) is 28.1 Å². The van der Waals surface area contributed by atoms with Crippen molar-refractivity contribution in [3.8, 4) is 0 Å². The molecule has 1 aromatic rings. The number of nitrogens with one attached hydrogen (secondary N) is 1. The fourth-order valence-corrected chi connectivity index (χ4v) is 3.79. The van der Waals surface area contributed by atoms with E-state index < -0.39 is 0 Å². The van der Waals surface area contributed by atoms with E-state index >= 15 is 0 Å². The minimum absolute atomic E-state index is 0. The maximum atomic E-state index is 12.5. The summed E-state index contributed by atoms with van der Waals surface area (Å²) in [6.07, 6.45) is 5.19. The number of rotatable bonds is 4. The van der Waals surface area contributed by atoms with Crippen LogP contribution in [0.4, 0.5) is 0 Å². The molecule has 3 rings (SSSR count). The lowest BCUT2D eigenvalue weighted by atomic mass is 10.0. The van der Waals surface area contributed by atoms with Gasteiger partial charge >= 0.3 is 0 Å². The van der Waals surface area contributed by atoms with Crippen molar-refractivity contribution in [2.45, 2.75) is 38.1 Å². The van der Waals surface area contributed by atoms with Gasteiger partial charge in [-0.15, -0.1) is 12.4 Å². The number of carbonyl (C=O) groups is 1. The average Bonchev–Trinajstić information content (AvgIpc) is 3.17. The molecule has 2 aliphatic heterocycles. The van der Waals surface area contributed by atoms with E-state index in [4.69, 9.17) is 0 Å². The lowest BCUT2D eigenvalue weighted by Crippen LogP contribution is -2.30. The van der Waals surface area contributed by atoms with Crippen LogP contribution >= 0.6 is 28.3 Å². The zero-order valence-electron chi connectivity index (χ0n) is 12.8. The van der Waals surface area contributed by atoms with Crippen LogP contribution < -0.4 is 5.32 Å². The Hall–Kier alpha value is -0.580.